The molecule has 0 heterocycles. The highest BCUT2D eigenvalue weighted by Crippen LogP contribution is 2.35. The smallest absolute Gasteiger partial charge is 0.416 e. The zero-order chi connectivity index (χ0) is 23.0. The molecule has 0 fully saturated rings. The van der Waals surface area contributed by atoms with Crippen LogP contribution in [0.1, 0.15) is 36.1 Å². The number of amides is 1. The Bertz CT molecular complexity index is 960. The Morgan fingerprint density at radius 3 is 2.35 bits per heavy atom. The van der Waals surface area contributed by atoms with Crippen molar-refractivity contribution >= 4 is 12.0 Å². The number of hydrogen-bond acceptors (Lipinski definition) is 4. The number of hydroxylamine groups is 1. The summed E-state index contributed by atoms with van der Waals surface area (Å²) in [6.07, 6.45) is 0.671. The molecule has 1 amide bonds. The molecule has 2 aromatic rings. The van der Waals surface area contributed by atoms with E-state index in [2.05, 4.69) is 0 Å². The van der Waals surface area contributed by atoms with Gasteiger partial charge in [-0.15, -0.1) is 0 Å². The van der Waals surface area contributed by atoms with Crippen molar-refractivity contribution in [1.29, 1.82) is 0 Å². The Hall–Kier alpha value is -3.26. The quantitative estimate of drug-likeness (QED) is 0.255. The fourth-order valence-electron chi connectivity index (χ4n) is 2.77. The zero-order valence-corrected chi connectivity index (χ0v) is 17.4. The van der Waals surface area contributed by atoms with Crippen molar-refractivity contribution in [2.75, 3.05) is 7.11 Å². The average Bonchev–Trinajstić information content (AvgIpc) is 2.74. The number of benzene rings is 2. The zero-order valence-electron chi connectivity index (χ0n) is 17.4. The van der Waals surface area contributed by atoms with E-state index >= 15 is 0 Å². The van der Waals surface area contributed by atoms with Crippen molar-refractivity contribution in [1.82, 2.24) is 5.48 Å². The predicted octanol–water partition coefficient (Wildman–Crippen LogP) is 5.32. The Morgan fingerprint density at radius 1 is 1.13 bits per heavy atom. The fraction of sp³-hybridized carbons (Fsp3) is 0.261. The number of rotatable bonds is 8. The predicted molar refractivity (Wildman–Crippen MR) is 111 cm³/mol. The molecule has 0 aliphatic heterocycles. The Balaban J connectivity index is 2.41. The summed E-state index contributed by atoms with van der Waals surface area (Å²) in [5.41, 5.74) is 3.68. The lowest BCUT2D eigenvalue weighted by atomic mass is 10.0. The molecule has 0 spiro atoms. The van der Waals surface area contributed by atoms with Gasteiger partial charge < -0.3 is 9.47 Å². The van der Waals surface area contributed by atoms with Crippen molar-refractivity contribution in [2.45, 2.75) is 33.1 Å². The Kier molecular flexibility index (Phi) is 8.27. The summed E-state index contributed by atoms with van der Waals surface area (Å²) in [4.78, 5) is 11.4. The van der Waals surface area contributed by atoms with E-state index in [0.717, 1.165) is 29.3 Å². The lowest BCUT2D eigenvalue weighted by Gasteiger charge is -2.17. The van der Waals surface area contributed by atoms with Crippen LogP contribution in [0.2, 0.25) is 0 Å². The molecule has 0 aliphatic carbocycles. The molecule has 0 atom stereocenters. The fourth-order valence-corrected chi connectivity index (χ4v) is 2.77. The van der Waals surface area contributed by atoms with Crippen molar-refractivity contribution in [2.24, 2.45) is 0 Å². The van der Waals surface area contributed by atoms with Crippen LogP contribution < -0.4 is 15.0 Å². The number of hydrogen-bond donors (Lipinski definition) is 2. The van der Waals surface area contributed by atoms with E-state index in [1.54, 1.807) is 12.1 Å². The van der Waals surface area contributed by atoms with Gasteiger partial charge >= 0.3 is 6.18 Å². The summed E-state index contributed by atoms with van der Waals surface area (Å²) in [5.74, 6) is 0.290. The van der Waals surface area contributed by atoms with Crippen molar-refractivity contribution in [3.63, 3.8) is 0 Å². The average molecular weight is 435 g/mol. The van der Waals surface area contributed by atoms with E-state index in [1.165, 1.54) is 30.8 Å². The highest BCUT2D eigenvalue weighted by molar-refractivity contribution is 5.91. The molecule has 0 aromatic heterocycles. The Morgan fingerprint density at radius 2 is 1.81 bits per heavy atom. The van der Waals surface area contributed by atoms with Gasteiger partial charge in [-0.3, -0.25) is 10.0 Å². The number of carbonyl (C=O) groups excluding carboxylic acids is 1. The largest absolute Gasteiger partial charge is 0.496 e. The van der Waals surface area contributed by atoms with E-state index in [-0.39, 0.29) is 6.61 Å². The lowest BCUT2D eigenvalue weighted by Crippen LogP contribution is -2.14. The molecule has 0 saturated carbocycles. The highest BCUT2D eigenvalue weighted by atomic mass is 19.4. The summed E-state index contributed by atoms with van der Waals surface area (Å²) >= 11 is 0. The van der Waals surface area contributed by atoms with Crippen molar-refractivity contribution in [3.05, 3.63) is 76.4 Å². The number of methoxy groups -OCH3 is 1. The van der Waals surface area contributed by atoms with Gasteiger partial charge in [-0.2, -0.15) is 13.2 Å². The minimum atomic E-state index is -4.41. The number of carbonyl (C=O) groups is 1. The van der Waals surface area contributed by atoms with Crippen LogP contribution in [0.25, 0.3) is 6.08 Å². The van der Waals surface area contributed by atoms with Gasteiger partial charge in [0.05, 0.1) is 12.7 Å². The maximum atomic E-state index is 12.8. The van der Waals surface area contributed by atoms with Gasteiger partial charge in [0.25, 0.3) is 5.91 Å². The molecule has 0 unspecified atom stereocenters. The molecule has 0 aliphatic rings. The first-order valence-corrected chi connectivity index (χ1v) is 9.40. The number of halogens is 3. The van der Waals surface area contributed by atoms with Crippen LogP contribution in [0.3, 0.4) is 0 Å². The number of allylic oxidation sites excluding steroid dienone is 2. The maximum absolute atomic E-state index is 12.8. The molecular formula is C23H24F3NO4. The third-order valence-electron chi connectivity index (χ3n) is 4.37. The molecule has 31 heavy (non-hydrogen) atoms. The first-order chi connectivity index (χ1) is 14.7. The maximum Gasteiger partial charge on any atom is 0.416 e. The van der Waals surface area contributed by atoms with Crippen LogP contribution in [0, 0.1) is 0 Å². The normalized spacial score (nSPS) is 11.3. The van der Waals surface area contributed by atoms with Gasteiger partial charge in [-0.05, 0) is 56.2 Å². The first-order valence-electron chi connectivity index (χ1n) is 9.40. The van der Waals surface area contributed by atoms with Crippen molar-refractivity contribution < 1.29 is 32.6 Å². The molecule has 0 bridgehead atoms. The molecule has 166 valence electrons. The van der Waals surface area contributed by atoms with Gasteiger partial charge in [0.15, 0.2) is 0 Å². The molecule has 2 aromatic carbocycles. The summed E-state index contributed by atoms with van der Waals surface area (Å²) in [7, 11) is 1.52. The van der Waals surface area contributed by atoms with E-state index in [0.29, 0.717) is 29.0 Å². The molecule has 2 N–H and O–H groups in total. The van der Waals surface area contributed by atoms with Crippen LogP contribution in [0.15, 0.2) is 54.1 Å². The van der Waals surface area contributed by atoms with Gasteiger partial charge in [0.2, 0.25) is 0 Å². The van der Waals surface area contributed by atoms with E-state index < -0.39 is 17.6 Å². The highest BCUT2D eigenvalue weighted by Gasteiger charge is 2.29. The lowest BCUT2D eigenvalue weighted by molar-refractivity contribution is -0.137. The second-order valence-corrected chi connectivity index (χ2v) is 6.94. The minimum Gasteiger partial charge on any atom is -0.496 e. The Labute approximate surface area is 178 Å². The topological polar surface area (TPSA) is 67.8 Å². The molecule has 2 rings (SSSR count). The second kappa shape index (κ2) is 10.7. The molecule has 8 heteroatoms. The number of alkyl halides is 3. The van der Waals surface area contributed by atoms with Crippen LogP contribution in [-0.4, -0.2) is 18.2 Å². The summed E-state index contributed by atoms with van der Waals surface area (Å²) in [5, 5.41) is 8.71. The van der Waals surface area contributed by atoms with Crippen LogP contribution in [0.4, 0.5) is 13.2 Å². The molecule has 0 radical (unpaired) electrons. The van der Waals surface area contributed by atoms with Crippen LogP contribution in [0.5, 0.6) is 11.5 Å². The third kappa shape index (κ3) is 6.89. The van der Waals surface area contributed by atoms with E-state index in [4.69, 9.17) is 14.7 Å². The SMILES string of the molecule is COc1ccc(/C=C\C(=O)NO)c(OCc2ccc(C(F)(F)F)cc2)c1CC=C(C)C. The standard InChI is InChI=1S/C23H24F3NO4/c1-15(2)4-11-19-20(30-3)12-7-17(8-13-21(28)27-29)22(19)31-14-16-5-9-18(10-6-16)23(24,25)26/h4-10,12-13,29H,11,14H2,1-3H3,(H,27,28)/b13-8-. The molecule has 0 saturated heterocycles. The molecule has 5 nitrogen and oxygen atoms in total. The number of nitrogens with one attached hydrogen (secondary N) is 1. The van der Waals surface area contributed by atoms with Crippen LogP contribution in [-0.2, 0) is 24.0 Å². The van der Waals surface area contributed by atoms with E-state index in [9.17, 15) is 18.0 Å². The summed E-state index contributed by atoms with van der Waals surface area (Å²) < 4.78 is 49.8. The first kappa shape index (κ1) is 24.0. The van der Waals surface area contributed by atoms with E-state index in [1.807, 2.05) is 19.9 Å². The van der Waals surface area contributed by atoms with Crippen LogP contribution >= 0.6 is 0 Å². The van der Waals surface area contributed by atoms with Gasteiger partial charge in [0.1, 0.15) is 18.1 Å². The van der Waals surface area contributed by atoms with Gasteiger partial charge in [0, 0.05) is 17.2 Å². The summed E-state index contributed by atoms with van der Waals surface area (Å²) in [6, 6.07) is 8.13. The van der Waals surface area contributed by atoms with Gasteiger partial charge in [-0.1, -0.05) is 23.8 Å². The third-order valence-corrected chi connectivity index (χ3v) is 4.37. The summed E-state index contributed by atoms with van der Waals surface area (Å²) in [6.45, 7) is 3.91. The molecular weight excluding hydrogens is 411 g/mol. The number of ether oxygens (including phenoxy) is 2. The monoisotopic (exact) mass is 435 g/mol. The van der Waals surface area contributed by atoms with Gasteiger partial charge in [-0.25, -0.2) is 5.48 Å². The second-order valence-electron chi connectivity index (χ2n) is 6.94. The van der Waals surface area contributed by atoms with Crippen molar-refractivity contribution in [3.8, 4) is 11.5 Å². The minimum absolute atomic E-state index is 0.0141.